The van der Waals surface area contributed by atoms with Crippen LogP contribution in [-0.4, -0.2) is 37.3 Å². The fraction of sp³-hybridized carbons (Fsp3) is 0. The maximum Gasteiger partial charge on any atom is 0.187 e. The van der Waals surface area contributed by atoms with Crippen LogP contribution in [0.25, 0.3) is 79.2 Å². The first-order valence-corrected chi connectivity index (χ1v) is 16.2. The van der Waals surface area contributed by atoms with Gasteiger partial charge in [-0.25, -0.2) is 9.97 Å². The third-order valence-electron chi connectivity index (χ3n) is 8.89. The lowest BCUT2D eigenvalue weighted by atomic mass is 9.91. The molecule has 0 fully saturated rings. The molecule has 2 aliphatic rings. The fourth-order valence-electron chi connectivity index (χ4n) is 6.78. The van der Waals surface area contributed by atoms with E-state index in [1.165, 1.54) is 0 Å². The average molecular weight is 645 g/mol. The number of fused-ring (bicyclic) bond motifs is 8. The van der Waals surface area contributed by atoms with E-state index in [1.807, 2.05) is 0 Å². The summed E-state index contributed by atoms with van der Waals surface area (Å²) < 4.78 is 0. The van der Waals surface area contributed by atoms with Gasteiger partial charge in [-0.2, -0.15) is 0 Å². The summed E-state index contributed by atoms with van der Waals surface area (Å²) in [6.45, 7) is 0. The van der Waals surface area contributed by atoms with Gasteiger partial charge in [-0.15, -0.1) is 0 Å². The molecule has 9 rings (SSSR count). The van der Waals surface area contributed by atoms with Crippen LogP contribution in [0.3, 0.4) is 0 Å². The fourth-order valence-corrected chi connectivity index (χ4v) is 6.78. The van der Waals surface area contributed by atoms with E-state index in [2.05, 4.69) is 180 Å². The van der Waals surface area contributed by atoms with Gasteiger partial charge in [0.25, 0.3) is 0 Å². The van der Waals surface area contributed by atoms with Crippen LogP contribution in [0, 0.1) is 0 Å². The molecule has 3 aromatic heterocycles. The van der Waals surface area contributed by atoms with Crippen molar-refractivity contribution < 1.29 is 0 Å². The lowest BCUT2D eigenvalue weighted by Crippen LogP contribution is -1.92. The standard InChI is InChI=1S/C44H30N4.Al.3H/c1-5-13-29(14-6-1)38-27-37-26-35-22-21-33(45-35)25-34-23-24-36(46-34)28-39-40(30-15-7-2-8-16-30)41(31-17-9-3-10-18-31)44(48-39)42(43(38)47-37)32-19-11-4-12-20-32;;;;/h1-28,45,48H;;;;. The van der Waals surface area contributed by atoms with Crippen molar-refractivity contribution in [1.29, 1.82) is 0 Å². The van der Waals surface area contributed by atoms with E-state index >= 15 is 0 Å². The predicted octanol–water partition coefficient (Wildman–Crippen LogP) is 9.89. The van der Waals surface area contributed by atoms with Crippen molar-refractivity contribution in [2.24, 2.45) is 0 Å². The number of nitrogens with one attached hydrogen (secondary N) is 2. The van der Waals surface area contributed by atoms with Gasteiger partial charge >= 0.3 is 0 Å². The van der Waals surface area contributed by atoms with Crippen LogP contribution in [0.5, 0.6) is 0 Å². The number of aromatic amines is 2. The van der Waals surface area contributed by atoms with Crippen LogP contribution in [0.2, 0.25) is 0 Å². The molecule has 49 heavy (non-hydrogen) atoms. The minimum atomic E-state index is 0. The van der Waals surface area contributed by atoms with Gasteiger partial charge in [0.15, 0.2) is 17.4 Å². The quantitative estimate of drug-likeness (QED) is 0.187. The Hall–Kier alpha value is -5.99. The second kappa shape index (κ2) is 12.9. The van der Waals surface area contributed by atoms with Crippen LogP contribution in [-0.2, 0) is 0 Å². The number of hydrogen-bond donors (Lipinski definition) is 2. The van der Waals surface area contributed by atoms with Crippen LogP contribution in [0.4, 0.5) is 0 Å². The van der Waals surface area contributed by atoms with Gasteiger partial charge < -0.3 is 9.97 Å². The van der Waals surface area contributed by atoms with Gasteiger partial charge in [0.2, 0.25) is 0 Å². The Bertz CT molecular complexity index is 2530. The Balaban J connectivity index is 0.00000348. The summed E-state index contributed by atoms with van der Waals surface area (Å²) in [6, 6.07) is 53.0. The summed E-state index contributed by atoms with van der Waals surface area (Å²) in [6.07, 6.45) is 6.35. The van der Waals surface area contributed by atoms with Crippen molar-refractivity contribution in [1.82, 2.24) is 19.9 Å². The summed E-state index contributed by atoms with van der Waals surface area (Å²) in [7, 11) is 0. The zero-order valence-corrected chi connectivity index (χ0v) is 26.1. The van der Waals surface area contributed by atoms with Gasteiger partial charge in [0, 0.05) is 38.8 Å². The molecule has 0 saturated carbocycles. The lowest BCUT2D eigenvalue weighted by molar-refractivity contribution is 1.30. The molecular formula is C44H33AlN4. The molecule has 0 amide bonds. The predicted molar refractivity (Wildman–Crippen MR) is 210 cm³/mol. The molecule has 4 aromatic carbocycles. The molecule has 2 aliphatic heterocycles. The molecule has 232 valence electrons. The Morgan fingerprint density at radius 3 is 1.49 bits per heavy atom. The Morgan fingerprint density at radius 1 is 0.408 bits per heavy atom. The highest BCUT2D eigenvalue weighted by molar-refractivity contribution is 6.10. The number of hydrogen-bond acceptors (Lipinski definition) is 2. The maximum atomic E-state index is 5.42. The normalized spacial score (nSPS) is 12.0. The first-order valence-electron chi connectivity index (χ1n) is 16.2. The number of rotatable bonds is 4. The molecule has 2 N–H and O–H groups in total. The number of benzene rings is 4. The van der Waals surface area contributed by atoms with Gasteiger partial charge in [-0.3, -0.25) is 0 Å². The molecule has 0 unspecified atom stereocenters. The van der Waals surface area contributed by atoms with Crippen molar-refractivity contribution in [2.75, 3.05) is 0 Å². The molecule has 5 heterocycles. The smallest absolute Gasteiger partial charge is 0.187 e. The Morgan fingerprint density at radius 2 is 0.898 bits per heavy atom. The van der Waals surface area contributed by atoms with Crippen LogP contribution in [0.15, 0.2) is 152 Å². The summed E-state index contributed by atoms with van der Waals surface area (Å²) in [5, 5.41) is 0. The van der Waals surface area contributed by atoms with Gasteiger partial charge in [-0.05, 0) is 70.8 Å². The van der Waals surface area contributed by atoms with Gasteiger partial charge in [0.05, 0.1) is 28.3 Å². The summed E-state index contributed by atoms with van der Waals surface area (Å²) in [5.74, 6) is 0. The number of aromatic nitrogens is 4. The van der Waals surface area contributed by atoms with Crippen molar-refractivity contribution >= 4 is 63.2 Å². The van der Waals surface area contributed by atoms with Crippen LogP contribution < -0.4 is 0 Å². The van der Waals surface area contributed by atoms with Crippen LogP contribution in [0.1, 0.15) is 28.3 Å². The topological polar surface area (TPSA) is 57.4 Å². The summed E-state index contributed by atoms with van der Waals surface area (Å²) >= 11 is 0. The average Bonchev–Trinajstić information content (AvgIpc) is 3.94. The highest BCUT2D eigenvalue weighted by Crippen LogP contribution is 2.45. The van der Waals surface area contributed by atoms with Crippen molar-refractivity contribution in [3.63, 3.8) is 0 Å². The van der Waals surface area contributed by atoms with E-state index < -0.39 is 0 Å². The molecule has 0 aliphatic carbocycles. The molecular weight excluding hydrogens is 611 g/mol. The molecule has 0 radical (unpaired) electrons. The molecule has 0 spiro atoms. The van der Waals surface area contributed by atoms with E-state index in [4.69, 9.17) is 9.97 Å². The second-order valence-corrected chi connectivity index (χ2v) is 12.0. The van der Waals surface area contributed by atoms with E-state index in [0.717, 1.165) is 89.4 Å². The third-order valence-corrected chi connectivity index (χ3v) is 8.89. The van der Waals surface area contributed by atoms with Crippen molar-refractivity contribution in [3.8, 4) is 33.4 Å². The molecule has 0 saturated heterocycles. The molecule has 4 nitrogen and oxygen atoms in total. The zero-order chi connectivity index (χ0) is 31.9. The van der Waals surface area contributed by atoms with E-state index in [0.29, 0.717) is 0 Å². The first kappa shape index (κ1) is 30.4. The summed E-state index contributed by atoms with van der Waals surface area (Å²) in [4.78, 5) is 17.9. The Labute approximate surface area is 295 Å². The second-order valence-electron chi connectivity index (χ2n) is 12.0. The lowest BCUT2D eigenvalue weighted by Gasteiger charge is -2.12. The zero-order valence-electron chi connectivity index (χ0n) is 26.1. The molecule has 8 bridgehead atoms. The highest BCUT2D eigenvalue weighted by Gasteiger charge is 2.24. The highest BCUT2D eigenvalue weighted by atomic mass is 27.0. The van der Waals surface area contributed by atoms with E-state index in [-0.39, 0.29) is 17.4 Å². The first-order chi connectivity index (χ1) is 23.8. The number of H-pyrrole nitrogens is 2. The molecule has 0 atom stereocenters. The van der Waals surface area contributed by atoms with Gasteiger partial charge in [-0.1, -0.05) is 121 Å². The third kappa shape index (κ3) is 5.77. The minimum Gasteiger partial charge on any atom is -0.355 e. The maximum absolute atomic E-state index is 5.42. The minimum absolute atomic E-state index is 0. The number of nitrogens with zero attached hydrogens (tertiary/aromatic N) is 2. The van der Waals surface area contributed by atoms with Crippen molar-refractivity contribution in [2.45, 2.75) is 0 Å². The summed E-state index contributed by atoms with van der Waals surface area (Å²) in [5.41, 5.74) is 16.3. The largest absolute Gasteiger partial charge is 0.355 e. The van der Waals surface area contributed by atoms with Crippen LogP contribution >= 0.6 is 0 Å². The van der Waals surface area contributed by atoms with E-state index in [9.17, 15) is 0 Å². The van der Waals surface area contributed by atoms with Crippen molar-refractivity contribution in [3.05, 3.63) is 180 Å². The van der Waals surface area contributed by atoms with E-state index in [1.54, 1.807) is 0 Å². The molecule has 5 heteroatoms. The van der Waals surface area contributed by atoms with Gasteiger partial charge in [0.1, 0.15) is 0 Å². The Kier molecular flexibility index (Phi) is 7.99. The monoisotopic (exact) mass is 644 g/mol. The SMILES string of the molecule is C1=Cc2cc3[nH]c(c(-c4ccccc4)c4nc(cc5ccc(cc1n2)[nH]5)C=C4c1ccccc1)c(-c1ccccc1)c3-c1ccccc1.[AlH3]. The molecule has 7 aromatic rings.